The summed E-state index contributed by atoms with van der Waals surface area (Å²) < 4.78 is 60.3. The third-order valence-corrected chi connectivity index (χ3v) is 5.40. The molecule has 3 N–H and O–H groups in total. The molecular weight excluding hydrogens is 444 g/mol. The Morgan fingerprint density at radius 1 is 0.969 bits per heavy atom. The summed E-state index contributed by atoms with van der Waals surface area (Å²) >= 11 is 0. The molecule has 0 aliphatic rings. The summed E-state index contributed by atoms with van der Waals surface area (Å²) in [6.45, 7) is 8.15. The molecule has 2 aromatic carbocycles. The molecule has 0 saturated carbocycles. The van der Waals surface area contributed by atoms with Crippen LogP contribution in [0.4, 0.5) is 25.0 Å². The van der Waals surface area contributed by atoms with E-state index >= 15 is 0 Å². The Morgan fingerprint density at radius 3 is 2.19 bits per heavy atom. The van der Waals surface area contributed by atoms with Gasteiger partial charge in [0.2, 0.25) is 10.0 Å². The lowest BCUT2D eigenvalue weighted by molar-refractivity contribution is 0.0635. The first-order valence-corrected chi connectivity index (χ1v) is 11.1. The van der Waals surface area contributed by atoms with Gasteiger partial charge in [0, 0.05) is 11.7 Å². The van der Waals surface area contributed by atoms with Crippen molar-refractivity contribution in [1.29, 1.82) is 0 Å². The summed E-state index contributed by atoms with van der Waals surface area (Å²) in [4.78, 5) is 24.2. The first-order chi connectivity index (χ1) is 14.7. The minimum Gasteiger partial charge on any atom is -0.444 e. The second-order valence-corrected chi connectivity index (χ2v) is 9.91. The molecule has 0 aliphatic heterocycles. The largest absolute Gasteiger partial charge is 0.444 e. The van der Waals surface area contributed by atoms with E-state index in [2.05, 4.69) is 15.4 Å². The molecule has 2 rings (SSSR count). The second kappa shape index (κ2) is 9.61. The highest BCUT2D eigenvalue weighted by Crippen LogP contribution is 2.22. The molecule has 0 spiro atoms. The fourth-order valence-corrected chi connectivity index (χ4v) is 3.81. The summed E-state index contributed by atoms with van der Waals surface area (Å²) in [5.74, 6) is -2.69. The number of hydrogen-bond donors (Lipinski definition) is 3. The molecule has 174 valence electrons. The van der Waals surface area contributed by atoms with Gasteiger partial charge in [-0.15, -0.1) is 0 Å². The average Bonchev–Trinajstić information content (AvgIpc) is 2.62. The Kier molecular flexibility index (Phi) is 7.58. The van der Waals surface area contributed by atoms with Crippen LogP contribution in [-0.2, 0) is 14.8 Å². The number of sulfonamides is 1. The van der Waals surface area contributed by atoms with Crippen molar-refractivity contribution >= 4 is 33.4 Å². The zero-order chi connectivity index (χ0) is 24.3. The second-order valence-electron chi connectivity index (χ2n) is 8.19. The van der Waals surface area contributed by atoms with Gasteiger partial charge in [0.05, 0.1) is 16.1 Å². The Morgan fingerprint density at radius 2 is 1.59 bits per heavy atom. The molecular formula is C21H25F2N3O5S. The van der Waals surface area contributed by atoms with E-state index in [4.69, 9.17) is 4.74 Å². The van der Waals surface area contributed by atoms with Gasteiger partial charge in [-0.2, -0.15) is 0 Å². The first-order valence-electron chi connectivity index (χ1n) is 9.61. The van der Waals surface area contributed by atoms with Gasteiger partial charge < -0.3 is 10.1 Å². The third kappa shape index (κ3) is 6.99. The number of carbonyl (C=O) groups is 2. The van der Waals surface area contributed by atoms with Gasteiger partial charge in [-0.1, -0.05) is 0 Å². The fourth-order valence-electron chi connectivity index (χ4n) is 2.53. The van der Waals surface area contributed by atoms with Gasteiger partial charge in [0.15, 0.2) is 0 Å². The van der Waals surface area contributed by atoms with Crippen molar-refractivity contribution in [3.63, 3.8) is 0 Å². The molecule has 0 fully saturated rings. The SMILES string of the molecule is CC(C)NS(=O)(=O)c1ccc(F)c(C(=O)Nc2ccc(F)c(NC(=O)OC(C)(C)C)c2)c1. The van der Waals surface area contributed by atoms with Crippen molar-refractivity contribution < 1.29 is 31.5 Å². The van der Waals surface area contributed by atoms with Crippen LogP contribution in [0.3, 0.4) is 0 Å². The van der Waals surface area contributed by atoms with Crippen molar-refractivity contribution in [3.05, 3.63) is 53.6 Å². The predicted octanol–water partition coefficient (Wildman–Crippen LogP) is 4.25. The maximum Gasteiger partial charge on any atom is 0.412 e. The molecule has 0 heterocycles. The molecule has 0 aliphatic carbocycles. The smallest absolute Gasteiger partial charge is 0.412 e. The van der Waals surface area contributed by atoms with E-state index in [9.17, 15) is 26.8 Å². The topological polar surface area (TPSA) is 114 Å². The summed E-state index contributed by atoms with van der Waals surface area (Å²) in [5, 5.41) is 4.58. The first kappa shape index (κ1) is 25.2. The molecule has 0 unspecified atom stereocenters. The fraction of sp³-hybridized carbons (Fsp3) is 0.333. The maximum atomic E-state index is 14.2. The zero-order valence-electron chi connectivity index (χ0n) is 18.2. The van der Waals surface area contributed by atoms with Gasteiger partial charge in [-0.25, -0.2) is 26.7 Å². The van der Waals surface area contributed by atoms with Gasteiger partial charge in [0.1, 0.15) is 17.2 Å². The maximum absolute atomic E-state index is 14.2. The van der Waals surface area contributed by atoms with Crippen molar-refractivity contribution in [2.45, 2.75) is 51.2 Å². The van der Waals surface area contributed by atoms with E-state index in [0.717, 1.165) is 30.3 Å². The number of halogens is 2. The Balaban J connectivity index is 2.26. The van der Waals surface area contributed by atoms with E-state index < -0.39 is 50.9 Å². The third-order valence-electron chi connectivity index (χ3n) is 3.74. The number of anilines is 2. The Hall–Kier alpha value is -3.05. The number of rotatable bonds is 6. The number of amides is 2. The standard InChI is InChI=1S/C21H25F2N3O5S/c1-12(2)26-32(29,30)14-7-9-16(22)15(11-14)19(27)24-13-6-8-17(23)18(10-13)25-20(28)31-21(3,4)5/h6-12,26H,1-5H3,(H,24,27)(H,25,28). The van der Waals surface area contributed by atoms with Crippen LogP contribution in [-0.4, -0.2) is 32.1 Å². The van der Waals surface area contributed by atoms with E-state index in [1.807, 2.05) is 0 Å². The monoisotopic (exact) mass is 469 g/mol. The molecule has 0 bridgehead atoms. The molecule has 0 saturated heterocycles. The Labute approximate surface area is 185 Å². The van der Waals surface area contributed by atoms with Crippen LogP contribution in [0.25, 0.3) is 0 Å². The molecule has 32 heavy (non-hydrogen) atoms. The molecule has 0 radical (unpaired) electrons. The van der Waals surface area contributed by atoms with Crippen LogP contribution in [0.5, 0.6) is 0 Å². The van der Waals surface area contributed by atoms with Gasteiger partial charge >= 0.3 is 6.09 Å². The van der Waals surface area contributed by atoms with Crippen LogP contribution in [0.2, 0.25) is 0 Å². The average molecular weight is 470 g/mol. The van der Waals surface area contributed by atoms with Crippen LogP contribution in [0.1, 0.15) is 45.0 Å². The number of hydrogen-bond acceptors (Lipinski definition) is 5. The van der Waals surface area contributed by atoms with Crippen molar-refractivity contribution in [1.82, 2.24) is 4.72 Å². The van der Waals surface area contributed by atoms with E-state index in [1.54, 1.807) is 34.6 Å². The number of ether oxygens (including phenoxy) is 1. The molecule has 0 aromatic heterocycles. The lowest BCUT2D eigenvalue weighted by atomic mass is 10.2. The van der Waals surface area contributed by atoms with Crippen LogP contribution in [0.15, 0.2) is 41.3 Å². The molecule has 0 atom stereocenters. The quantitative estimate of drug-likeness (QED) is 0.585. The lowest BCUT2D eigenvalue weighted by Crippen LogP contribution is -2.30. The van der Waals surface area contributed by atoms with Crippen LogP contribution >= 0.6 is 0 Å². The number of benzene rings is 2. The summed E-state index contributed by atoms with van der Waals surface area (Å²) in [6, 6.07) is 5.71. The molecule has 11 heteroatoms. The lowest BCUT2D eigenvalue weighted by Gasteiger charge is -2.20. The van der Waals surface area contributed by atoms with Gasteiger partial charge in [-0.05, 0) is 71.0 Å². The van der Waals surface area contributed by atoms with E-state index in [-0.39, 0.29) is 16.3 Å². The Bertz CT molecular complexity index is 1130. The number of nitrogens with one attached hydrogen (secondary N) is 3. The van der Waals surface area contributed by atoms with Crippen molar-refractivity contribution in [2.24, 2.45) is 0 Å². The highest BCUT2D eigenvalue weighted by Gasteiger charge is 2.21. The van der Waals surface area contributed by atoms with Gasteiger partial charge in [-0.3, -0.25) is 10.1 Å². The van der Waals surface area contributed by atoms with Crippen molar-refractivity contribution in [2.75, 3.05) is 10.6 Å². The number of carbonyl (C=O) groups excluding carboxylic acids is 2. The van der Waals surface area contributed by atoms with Gasteiger partial charge in [0.25, 0.3) is 5.91 Å². The molecule has 2 aromatic rings. The minimum absolute atomic E-state index is 0.0374. The minimum atomic E-state index is -3.95. The summed E-state index contributed by atoms with van der Waals surface area (Å²) in [7, 11) is -3.95. The van der Waals surface area contributed by atoms with E-state index in [1.165, 1.54) is 6.07 Å². The highest BCUT2D eigenvalue weighted by atomic mass is 32.2. The summed E-state index contributed by atoms with van der Waals surface area (Å²) in [5.41, 5.74) is -1.56. The molecule has 2 amide bonds. The van der Waals surface area contributed by atoms with Crippen LogP contribution < -0.4 is 15.4 Å². The van der Waals surface area contributed by atoms with E-state index in [0.29, 0.717) is 0 Å². The normalized spacial score (nSPS) is 11.9. The summed E-state index contributed by atoms with van der Waals surface area (Å²) in [6.07, 6.45) is -0.901. The zero-order valence-corrected chi connectivity index (χ0v) is 19.1. The highest BCUT2D eigenvalue weighted by molar-refractivity contribution is 7.89. The van der Waals surface area contributed by atoms with Crippen LogP contribution in [0, 0.1) is 11.6 Å². The molecule has 8 nitrogen and oxygen atoms in total. The predicted molar refractivity (Wildman–Crippen MR) is 116 cm³/mol. The van der Waals surface area contributed by atoms with Crippen molar-refractivity contribution in [3.8, 4) is 0 Å².